The van der Waals surface area contributed by atoms with Crippen molar-refractivity contribution in [2.24, 2.45) is 0 Å². The number of likely N-dealkylation sites (tertiary alicyclic amines) is 1. The van der Waals surface area contributed by atoms with Gasteiger partial charge in [-0.2, -0.15) is 0 Å². The number of aliphatic hydroxyl groups is 1. The van der Waals surface area contributed by atoms with Gasteiger partial charge in [0.05, 0.1) is 18.2 Å². The molecule has 5 rings (SSSR count). The third-order valence-corrected chi connectivity index (χ3v) is 6.47. The van der Waals surface area contributed by atoms with Gasteiger partial charge < -0.3 is 24.5 Å². The van der Waals surface area contributed by atoms with Gasteiger partial charge in [0.1, 0.15) is 11.5 Å². The zero-order valence-corrected chi connectivity index (χ0v) is 18.7. The minimum atomic E-state index is -0.692. The maximum Gasteiger partial charge on any atom is 0.295 e. The minimum Gasteiger partial charge on any atom is -0.507 e. The standard InChI is InChI=1S/C26H26N2O5/c1-15-21(18-6-3-4-7-19(18)27-15)23-22(25(30)26(31)28(23)11-5-12-32-2)24(29)17-8-9-20-16(14-17)10-13-33-20/h3-4,6-9,14,23,27,29H,5,10-13H2,1-2H3/b24-22+. The molecule has 7 nitrogen and oxygen atoms in total. The predicted molar refractivity (Wildman–Crippen MR) is 124 cm³/mol. The van der Waals surface area contributed by atoms with Crippen molar-refractivity contribution in [1.29, 1.82) is 0 Å². The molecule has 1 unspecified atom stereocenters. The number of aromatic amines is 1. The van der Waals surface area contributed by atoms with Crippen LogP contribution in [0.15, 0.2) is 48.0 Å². The van der Waals surface area contributed by atoms with Gasteiger partial charge >= 0.3 is 0 Å². The molecular formula is C26H26N2O5. The molecule has 0 aliphatic carbocycles. The summed E-state index contributed by atoms with van der Waals surface area (Å²) in [5.41, 5.74) is 4.21. The highest BCUT2D eigenvalue weighted by atomic mass is 16.5. The van der Waals surface area contributed by atoms with Gasteiger partial charge in [-0.15, -0.1) is 0 Å². The van der Waals surface area contributed by atoms with E-state index < -0.39 is 17.7 Å². The molecule has 2 aliphatic heterocycles. The van der Waals surface area contributed by atoms with Gasteiger partial charge in [-0.05, 0) is 43.2 Å². The summed E-state index contributed by atoms with van der Waals surface area (Å²) in [6.07, 6.45) is 1.32. The molecule has 1 saturated heterocycles. The van der Waals surface area contributed by atoms with E-state index in [1.165, 1.54) is 0 Å². The Morgan fingerprint density at radius 2 is 2.06 bits per heavy atom. The molecule has 0 radical (unpaired) electrons. The van der Waals surface area contributed by atoms with E-state index in [1.54, 1.807) is 24.1 Å². The largest absolute Gasteiger partial charge is 0.507 e. The molecule has 1 atom stereocenters. The quantitative estimate of drug-likeness (QED) is 0.260. The number of aryl methyl sites for hydroxylation is 1. The highest BCUT2D eigenvalue weighted by Gasteiger charge is 2.47. The maximum atomic E-state index is 13.3. The van der Waals surface area contributed by atoms with E-state index in [2.05, 4.69) is 4.98 Å². The van der Waals surface area contributed by atoms with Crippen LogP contribution in [0, 0.1) is 6.92 Å². The Bertz CT molecular complexity index is 1290. The van der Waals surface area contributed by atoms with Gasteiger partial charge in [-0.3, -0.25) is 9.59 Å². The number of fused-ring (bicyclic) bond motifs is 2. The van der Waals surface area contributed by atoms with Gasteiger partial charge in [0.25, 0.3) is 11.7 Å². The molecule has 1 aromatic heterocycles. The fourth-order valence-corrected chi connectivity index (χ4v) is 4.93. The summed E-state index contributed by atoms with van der Waals surface area (Å²) in [6, 6.07) is 12.5. The first-order valence-electron chi connectivity index (χ1n) is 11.1. The number of ketones is 1. The van der Waals surface area contributed by atoms with Crippen LogP contribution in [0.2, 0.25) is 0 Å². The summed E-state index contributed by atoms with van der Waals surface area (Å²) in [6.45, 7) is 3.33. The van der Waals surface area contributed by atoms with E-state index in [1.807, 2.05) is 37.3 Å². The molecule has 2 aromatic carbocycles. The number of benzene rings is 2. The van der Waals surface area contributed by atoms with Crippen LogP contribution in [0.25, 0.3) is 16.7 Å². The van der Waals surface area contributed by atoms with Crippen LogP contribution in [0.4, 0.5) is 0 Å². The third kappa shape index (κ3) is 3.49. The number of ether oxygens (including phenoxy) is 2. The van der Waals surface area contributed by atoms with E-state index >= 15 is 0 Å². The molecule has 0 bridgehead atoms. The van der Waals surface area contributed by atoms with Crippen molar-refractivity contribution in [2.75, 3.05) is 26.9 Å². The van der Waals surface area contributed by atoms with E-state index in [0.29, 0.717) is 31.7 Å². The molecule has 3 aromatic rings. The molecule has 0 spiro atoms. The SMILES string of the molecule is COCCCN1C(=O)C(=O)/C(=C(/O)c2ccc3c(c2)CCO3)C1c1c(C)[nH]c2ccccc12. The lowest BCUT2D eigenvalue weighted by Crippen LogP contribution is -2.31. The summed E-state index contributed by atoms with van der Waals surface area (Å²) in [4.78, 5) is 31.3. The van der Waals surface area contributed by atoms with E-state index in [0.717, 1.165) is 39.9 Å². The molecule has 2 N–H and O–H groups in total. The Balaban J connectivity index is 1.69. The molecule has 170 valence electrons. The van der Waals surface area contributed by atoms with Crippen molar-refractivity contribution in [3.8, 4) is 5.75 Å². The zero-order chi connectivity index (χ0) is 23.1. The monoisotopic (exact) mass is 446 g/mol. The molecule has 2 aliphatic rings. The Morgan fingerprint density at radius 3 is 2.88 bits per heavy atom. The van der Waals surface area contributed by atoms with Crippen molar-refractivity contribution in [3.63, 3.8) is 0 Å². The highest BCUT2D eigenvalue weighted by Crippen LogP contribution is 2.43. The number of carbonyl (C=O) groups is 2. The first-order valence-corrected chi connectivity index (χ1v) is 11.1. The van der Waals surface area contributed by atoms with Crippen LogP contribution in [0.1, 0.15) is 34.8 Å². The maximum absolute atomic E-state index is 13.3. The lowest BCUT2D eigenvalue weighted by Gasteiger charge is -2.25. The van der Waals surface area contributed by atoms with Crippen LogP contribution >= 0.6 is 0 Å². The summed E-state index contributed by atoms with van der Waals surface area (Å²) >= 11 is 0. The average molecular weight is 447 g/mol. The topological polar surface area (TPSA) is 91.9 Å². The number of hydrogen-bond acceptors (Lipinski definition) is 5. The van der Waals surface area contributed by atoms with E-state index in [-0.39, 0.29) is 11.3 Å². The summed E-state index contributed by atoms with van der Waals surface area (Å²) < 4.78 is 10.7. The summed E-state index contributed by atoms with van der Waals surface area (Å²) in [7, 11) is 1.60. The third-order valence-electron chi connectivity index (χ3n) is 6.47. The van der Waals surface area contributed by atoms with Crippen LogP contribution in [0.5, 0.6) is 5.75 Å². The fraction of sp³-hybridized carbons (Fsp3) is 0.308. The molecule has 1 fully saturated rings. The number of aliphatic hydroxyl groups excluding tert-OH is 1. The van der Waals surface area contributed by atoms with Crippen LogP contribution in [-0.4, -0.2) is 53.5 Å². The number of nitrogens with zero attached hydrogens (tertiary/aromatic N) is 1. The van der Waals surface area contributed by atoms with Crippen molar-refractivity contribution in [2.45, 2.75) is 25.8 Å². The second kappa shape index (κ2) is 8.41. The first kappa shape index (κ1) is 21.3. The predicted octanol–water partition coefficient (Wildman–Crippen LogP) is 3.87. The average Bonchev–Trinajstić information content (AvgIpc) is 3.48. The van der Waals surface area contributed by atoms with Gasteiger partial charge in [-0.25, -0.2) is 0 Å². The van der Waals surface area contributed by atoms with E-state index in [4.69, 9.17) is 9.47 Å². The number of nitrogens with one attached hydrogen (secondary N) is 1. The number of para-hydroxylation sites is 1. The zero-order valence-electron chi connectivity index (χ0n) is 18.7. The van der Waals surface area contributed by atoms with Crippen LogP contribution in [-0.2, 0) is 20.7 Å². The molecule has 0 saturated carbocycles. The number of Topliss-reactive ketones (excluding diaryl/α,β-unsaturated/α-hetero) is 1. The van der Waals surface area contributed by atoms with Gasteiger partial charge in [0.2, 0.25) is 0 Å². The summed E-state index contributed by atoms with van der Waals surface area (Å²) in [5.74, 6) is -0.647. The smallest absolute Gasteiger partial charge is 0.295 e. The highest BCUT2D eigenvalue weighted by molar-refractivity contribution is 6.46. The molecule has 3 heterocycles. The minimum absolute atomic E-state index is 0.115. The normalized spacial score (nSPS) is 19.3. The molecular weight excluding hydrogens is 420 g/mol. The van der Waals surface area contributed by atoms with E-state index in [9.17, 15) is 14.7 Å². The summed E-state index contributed by atoms with van der Waals surface area (Å²) in [5, 5.41) is 12.3. The van der Waals surface area contributed by atoms with Crippen LogP contribution in [0.3, 0.4) is 0 Å². The molecule has 1 amide bonds. The number of hydrogen-bond donors (Lipinski definition) is 2. The van der Waals surface area contributed by atoms with Crippen molar-refractivity contribution in [3.05, 3.63) is 70.4 Å². The fourth-order valence-electron chi connectivity index (χ4n) is 4.93. The lowest BCUT2D eigenvalue weighted by atomic mass is 9.93. The van der Waals surface area contributed by atoms with Gasteiger partial charge in [0.15, 0.2) is 0 Å². The number of amides is 1. The van der Waals surface area contributed by atoms with Crippen molar-refractivity contribution < 1.29 is 24.2 Å². The lowest BCUT2D eigenvalue weighted by molar-refractivity contribution is -0.140. The Hall–Kier alpha value is -3.58. The Morgan fingerprint density at radius 1 is 1.24 bits per heavy atom. The molecule has 7 heteroatoms. The molecule has 33 heavy (non-hydrogen) atoms. The Labute approximate surface area is 191 Å². The van der Waals surface area contributed by atoms with Crippen molar-refractivity contribution in [1.82, 2.24) is 9.88 Å². The number of aromatic nitrogens is 1. The van der Waals surface area contributed by atoms with Gasteiger partial charge in [-0.1, -0.05) is 18.2 Å². The number of carbonyl (C=O) groups excluding carboxylic acids is 2. The number of methoxy groups -OCH3 is 1. The van der Waals surface area contributed by atoms with Crippen LogP contribution < -0.4 is 4.74 Å². The van der Waals surface area contributed by atoms with Gasteiger partial charge in [0, 0.05) is 54.4 Å². The number of rotatable bonds is 6. The second-order valence-corrected chi connectivity index (χ2v) is 8.47. The number of H-pyrrole nitrogens is 1. The Kier molecular flexibility index (Phi) is 5.42. The van der Waals surface area contributed by atoms with Crippen molar-refractivity contribution >= 4 is 28.4 Å². The first-order chi connectivity index (χ1) is 16.0. The second-order valence-electron chi connectivity index (χ2n) is 8.47.